The maximum atomic E-state index is 12.7. The summed E-state index contributed by atoms with van der Waals surface area (Å²) < 4.78 is 0. The lowest BCUT2D eigenvalue weighted by molar-refractivity contribution is -0.148. The first-order valence-electron chi connectivity index (χ1n) is 7.24. The van der Waals surface area contributed by atoms with E-state index in [2.05, 4.69) is 0 Å². The average molecular weight is 275 g/mol. The molecular formula is C16H21NO3. The van der Waals surface area contributed by atoms with E-state index in [1.807, 2.05) is 37.3 Å². The molecule has 1 aromatic rings. The van der Waals surface area contributed by atoms with Gasteiger partial charge in [-0.3, -0.25) is 9.59 Å². The lowest BCUT2D eigenvalue weighted by Crippen LogP contribution is -2.42. The summed E-state index contributed by atoms with van der Waals surface area (Å²) in [5.41, 5.74) is 0.842. The molecule has 108 valence electrons. The van der Waals surface area contributed by atoms with Crippen LogP contribution in [0.15, 0.2) is 30.3 Å². The Morgan fingerprint density at radius 2 is 1.75 bits per heavy atom. The van der Waals surface area contributed by atoms with Crippen LogP contribution >= 0.6 is 0 Å². The molecule has 1 amide bonds. The maximum Gasteiger partial charge on any atom is 0.307 e. The first-order chi connectivity index (χ1) is 9.65. The number of rotatable bonds is 4. The summed E-state index contributed by atoms with van der Waals surface area (Å²) in [6.45, 7) is 2.48. The van der Waals surface area contributed by atoms with Gasteiger partial charge >= 0.3 is 5.97 Å². The third kappa shape index (κ3) is 3.00. The number of aliphatic carboxylic acids is 1. The third-order valence-corrected chi connectivity index (χ3v) is 4.05. The zero-order valence-electron chi connectivity index (χ0n) is 11.8. The van der Waals surface area contributed by atoms with Crippen LogP contribution in [0.3, 0.4) is 0 Å². The Kier molecular flexibility index (Phi) is 4.77. The van der Waals surface area contributed by atoms with E-state index in [9.17, 15) is 14.7 Å². The second-order valence-corrected chi connectivity index (χ2v) is 5.25. The maximum absolute atomic E-state index is 12.7. The highest BCUT2D eigenvalue weighted by Gasteiger charge is 2.37. The molecule has 4 nitrogen and oxygen atoms in total. The fourth-order valence-electron chi connectivity index (χ4n) is 3.00. The lowest BCUT2D eigenvalue weighted by atomic mass is 9.78. The number of carbonyl (C=O) groups is 2. The van der Waals surface area contributed by atoms with Crippen molar-refractivity contribution < 1.29 is 14.7 Å². The Balaban J connectivity index is 2.21. The Labute approximate surface area is 119 Å². The van der Waals surface area contributed by atoms with Gasteiger partial charge in [-0.25, -0.2) is 0 Å². The predicted octanol–water partition coefficient (Wildman–Crippen LogP) is 2.93. The Morgan fingerprint density at radius 1 is 1.15 bits per heavy atom. The molecule has 0 heterocycles. The number of anilines is 1. The van der Waals surface area contributed by atoms with Gasteiger partial charge in [0.2, 0.25) is 5.91 Å². The molecule has 0 radical (unpaired) electrons. The minimum absolute atomic E-state index is 0.0502. The summed E-state index contributed by atoms with van der Waals surface area (Å²) in [6, 6.07) is 9.46. The van der Waals surface area contributed by atoms with Crippen molar-refractivity contribution in [1.82, 2.24) is 0 Å². The first kappa shape index (κ1) is 14.6. The smallest absolute Gasteiger partial charge is 0.307 e. The van der Waals surface area contributed by atoms with Crippen molar-refractivity contribution in [2.45, 2.75) is 32.6 Å². The highest BCUT2D eigenvalue weighted by Crippen LogP contribution is 2.32. The van der Waals surface area contributed by atoms with Gasteiger partial charge in [-0.05, 0) is 31.9 Å². The number of carboxylic acid groups (broad SMARTS) is 1. The summed E-state index contributed by atoms with van der Waals surface area (Å²) in [7, 11) is 0. The van der Waals surface area contributed by atoms with E-state index in [1.165, 1.54) is 0 Å². The zero-order valence-corrected chi connectivity index (χ0v) is 11.8. The summed E-state index contributed by atoms with van der Waals surface area (Å²) >= 11 is 0. The quantitative estimate of drug-likeness (QED) is 0.919. The molecule has 20 heavy (non-hydrogen) atoms. The van der Waals surface area contributed by atoms with E-state index >= 15 is 0 Å². The van der Waals surface area contributed by atoms with Gasteiger partial charge in [0.1, 0.15) is 0 Å². The van der Waals surface area contributed by atoms with Crippen molar-refractivity contribution in [3.05, 3.63) is 30.3 Å². The Hall–Kier alpha value is -1.84. The molecular weight excluding hydrogens is 254 g/mol. The summed E-state index contributed by atoms with van der Waals surface area (Å²) in [6.07, 6.45) is 3.13. The standard InChI is InChI=1S/C16H21NO3/c1-2-17(12-8-4-3-5-9-12)15(18)13-10-6-7-11-14(13)16(19)20/h3-5,8-9,13-14H,2,6-7,10-11H2,1H3,(H,19,20). The van der Waals surface area contributed by atoms with Gasteiger partial charge in [-0.15, -0.1) is 0 Å². The number of carboxylic acids is 1. The van der Waals surface area contributed by atoms with Gasteiger partial charge < -0.3 is 10.0 Å². The van der Waals surface area contributed by atoms with Crippen LogP contribution in [0.5, 0.6) is 0 Å². The SMILES string of the molecule is CCN(C(=O)C1CCCCC1C(=O)O)c1ccccc1. The number of carbonyl (C=O) groups excluding carboxylic acids is 1. The molecule has 4 heteroatoms. The van der Waals surface area contributed by atoms with Gasteiger partial charge in [0.15, 0.2) is 0 Å². The van der Waals surface area contributed by atoms with Gasteiger partial charge in [0.05, 0.1) is 11.8 Å². The average Bonchev–Trinajstić information content (AvgIpc) is 2.49. The van der Waals surface area contributed by atoms with Crippen LogP contribution < -0.4 is 4.90 Å². The predicted molar refractivity (Wildman–Crippen MR) is 77.6 cm³/mol. The van der Waals surface area contributed by atoms with E-state index < -0.39 is 11.9 Å². The van der Waals surface area contributed by atoms with Crippen LogP contribution in [0, 0.1) is 11.8 Å². The topological polar surface area (TPSA) is 57.6 Å². The molecule has 1 saturated carbocycles. The molecule has 1 fully saturated rings. The molecule has 0 aromatic heterocycles. The second kappa shape index (κ2) is 6.55. The number of amides is 1. The molecule has 0 bridgehead atoms. The Bertz CT molecular complexity index is 472. The van der Waals surface area contributed by atoms with Crippen LogP contribution in [-0.4, -0.2) is 23.5 Å². The Morgan fingerprint density at radius 3 is 2.30 bits per heavy atom. The van der Waals surface area contributed by atoms with Crippen molar-refractivity contribution in [3.63, 3.8) is 0 Å². The van der Waals surface area contributed by atoms with Crippen molar-refractivity contribution in [2.75, 3.05) is 11.4 Å². The number of nitrogens with zero attached hydrogens (tertiary/aromatic N) is 1. The molecule has 2 unspecified atom stereocenters. The first-order valence-corrected chi connectivity index (χ1v) is 7.24. The normalized spacial score (nSPS) is 22.2. The van der Waals surface area contributed by atoms with E-state index in [4.69, 9.17) is 0 Å². The van der Waals surface area contributed by atoms with Crippen LogP contribution in [0.1, 0.15) is 32.6 Å². The number of para-hydroxylation sites is 1. The van der Waals surface area contributed by atoms with Gasteiger partial charge in [-0.2, -0.15) is 0 Å². The van der Waals surface area contributed by atoms with Crippen molar-refractivity contribution >= 4 is 17.6 Å². The zero-order chi connectivity index (χ0) is 14.5. The van der Waals surface area contributed by atoms with Gasteiger partial charge in [0.25, 0.3) is 0 Å². The number of hydrogen-bond donors (Lipinski definition) is 1. The van der Waals surface area contributed by atoms with Crippen molar-refractivity contribution in [2.24, 2.45) is 11.8 Å². The summed E-state index contributed by atoms with van der Waals surface area (Å²) in [4.78, 5) is 25.8. The van der Waals surface area contributed by atoms with E-state index in [0.29, 0.717) is 19.4 Å². The van der Waals surface area contributed by atoms with Crippen molar-refractivity contribution in [1.29, 1.82) is 0 Å². The molecule has 0 spiro atoms. The molecule has 1 aliphatic rings. The second-order valence-electron chi connectivity index (χ2n) is 5.25. The molecule has 1 aromatic carbocycles. The molecule has 1 N–H and O–H groups in total. The van der Waals surface area contributed by atoms with E-state index in [-0.39, 0.29) is 11.8 Å². The molecule has 2 rings (SSSR count). The van der Waals surface area contributed by atoms with Crippen LogP contribution in [-0.2, 0) is 9.59 Å². The van der Waals surface area contributed by atoms with Crippen LogP contribution in [0.25, 0.3) is 0 Å². The van der Waals surface area contributed by atoms with Crippen LogP contribution in [0.4, 0.5) is 5.69 Å². The van der Waals surface area contributed by atoms with E-state index in [0.717, 1.165) is 18.5 Å². The monoisotopic (exact) mass is 275 g/mol. The highest BCUT2D eigenvalue weighted by atomic mass is 16.4. The fourth-order valence-corrected chi connectivity index (χ4v) is 3.00. The molecule has 2 atom stereocenters. The van der Waals surface area contributed by atoms with Gasteiger partial charge in [0, 0.05) is 12.2 Å². The van der Waals surface area contributed by atoms with E-state index in [1.54, 1.807) is 4.90 Å². The largest absolute Gasteiger partial charge is 0.481 e. The number of benzene rings is 1. The molecule has 1 aliphatic carbocycles. The molecule has 0 aliphatic heterocycles. The van der Waals surface area contributed by atoms with Crippen molar-refractivity contribution in [3.8, 4) is 0 Å². The van der Waals surface area contributed by atoms with Gasteiger partial charge in [-0.1, -0.05) is 31.0 Å². The number of hydrogen-bond acceptors (Lipinski definition) is 2. The lowest BCUT2D eigenvalue weighted by Gasteiger charge is -2.32. The summed E-state index contributed by atoms with van der Waals surface area (Å²) in [5, 5.41) is 9.31. The minimum Gasteiger partial charge on any atom is -0.481 e. The molecule has 0 saturated heterocycles. The summed E-state index contributed by atoms with van der Waals surface area (Å²) in [5.74, 6) is -1.81. The fraction of sp³-hybridized carbons (Fsp3) is 0.500. The van der Waals surface area contributed by atoms with Crippen LogP contribution in [0.2, 0.25) is 0 Å². The third-order valence-electron chi connectivity index (χ3n) is 4.05. The highest BCUT2D eigenvalue weighted by molar-refractivity contribution is 5.97. The minimum atomic E-state index is -0.841.